The molecule has 0 bridgehead atoms. The van der Waals surface area contributed by atoms with Crippen molar-refractivity contribution in [3.8, 4) is 22.6 Å². The van der Waals surface area contributed by atoms with Crippen molar-refractivity contribution < 1.29 is 24.1 Å². The smallest absolute Gasteiger partial charge is 0.303 e. The molecule has 2 atom stereocenters. The molecule has 1 N–H and O–H groups in total. The van der Waals surface area contributed by atoms with Crippen LogP contribution in [0.5, 0.6) is 11.5 Å². The van der Waals surface area contributed by atoms with Gasteiger partial charge in [-0.05, 0) is 101 Å². The zero-order chi connectivity index (χ0) is 25.2. The molecule has 36 heavy (non-hydrogen) atoms. The van der Waals surface area contributed by atoms with Gasteiger partial charge in [0.15, 0.2) is 0 Å². The van der Waals surface area contributed by atoms with Crippen LogP contribution in [0.1, 0.15) is 53.0 Å². The lowest BCUT2D eigenvalue weighted by molar-refractivity contribution is -0.137. The van der Waals surface area contributed by atoms with Gasteiger partial charge in [0, 0.05) is 6.42 Å². The van der Waals surface area contributed by atoms with Crippen LogP contribution in [-0.4, -0.2) is 30.4 Å². The second-order valence-corrected chi connectivity index (χ2v) is 9.88. The number of hydrogen-bond acceptors (Lipinski definition) is 4. The first kappa shape index (κ1) is 24.1. The molecule has 0 saturated carbocycles. The molecule has 0 unspecified atom stereocenters. The maximum absolute atomic E-state index is 11.2. The molecule has 0 aromatic heterocycles. The number of ether oxygens (including phenoxy) is 3. The molecule has 1 fully saturated rings. The Kier molecular flexibility index (Phi) is 6.84. The Hall–Kier alpha value is -3.57. The fourth-order valence-corrected chi connectivity index (χ4v) is 5.43. The molecule has 0 amide bonds. The zero-order valence-electron chi connectivity index (χ0n) is 20.9. The van der Waals surface area contributed by atoms with Crippen LogP contribution < -0.4 is 9.47 Å². The van der Waals surface area contributed by atoms with Crippen LogP contribution in [0.4, 0.5) is 0 Å². The highest BCUT2D eigenvalue weighted by molar-refractivity contribution is 5.77. The molecule has 0 spiro atoms. The summed E-state index contributed by atoms with van der Waals surface area (Å²) in [6.07, 6.45) is 1.88. The second kappa shape index (κ2) is 10.2. The molecule has 186 valence electrons. The van der Waals surface area contributed by atoms with Crippen molar-refractivity contribution in [2.45, 2.75) is 51.7 Å². The summed E-state index contributed by atoms with van der Waals surface area (Å²) >= 11 is 0. The monoisotopic (exact) mass is 484 g/mol. The van der Waals surface area contributed by atoms with Crippen molar-refractivity contribution >= 4 is 11.5 Å². The Morgan fingerprint density at radius 1 is 1.08 bits per heavy atom. The minimum absolute atomic E-state index is 0.00880. The molecule has 5 nitrogen and oxygen atoms in total. The van der Waals surface area contributed by atoms with Crippen molar-refractivity contribution in [2.75, 3.05) is 13.2 Å². The van der Waals surface area contributed by atoms with Gasteiger partial charge in [-0.3, -0.25) is 4.79 Å². The predicted octanol–water partition coefficient (Wildman–Crippen LogP) is 6.69. The molecule has 1 saturated heterocycles. The number of allylic oxidation sites excluding steroid dienone is 1. The Bertz CT molecular complexity index is 1280. The largest absolute Gasteiger partial charge is 0.489 e. The summed E-state index contributed by atoms with van der Waals surface area (Å²) in [5.41, 5.74) is 8.84. The number of carboxylic acids is 1. The number of carboxylic acid groups (broad SMARTS) is 1. The van der Waals surface area contributed by atoms with Gasteiger partial charge >= 0.3 is 5.97 Å². The average Bonchev–Trinajstić information content (AvgIpc) is 3.45. The quantitative estimate of drug-likeness (QED) is 0.386. The summed E-state index contributed by atoms with van der Waals surface area (Å²) in [5.74, 6) is 0.871. The van der Waals surface area contributed by atoms with Crippen LogP contribution in [0.25, 0.3) is 16.7 Å². The molecule has 2 aliphatic rings. The Morgan fingerprint density at radius 2 is 1.89 bits per heavy atom. The molecule has 1 aliphatic carbocycles. The molecule has 5 rings (SSSR count). The van der Waals surface area contributed by atoms with Gasteiger partial charge in [-0.1, -0.05) is 30.8 Å². The number of benzene rings is 3. The van der Waals surface area contributed by atoms with Crippen LogP contribution in [0.15, 0.2) is 61.2 Å². The maximum atomic E-state index is 11.2. The Balaban J connectivity index is 1.30. The van der Waals surface area contributed by atoms with Gasteiger partial charge in [0.25, 0.3) is 0 Å². The minimum atomic E-state index is -0.781. The first-order chi connectivity index (χ1) is 17.4. The molecular weight excluding hydrogens is 452 g/mol. The van der Waals surface area contributed by atoms with Crippen LogP contribution in [0, 0.1) is 13.8 Å². The lowest BCUT2D eigenvalue weighted by Crippen LogP contribution is -2.15. The molecule has 0 radical (unpaired) electrons. The van der Waals surface area contributed by atoms with Gasteiger partial charge in [0.05, 0.1) is 19.6 Å². The lowest BCUT2D eigenvalue weighted by Gasteiger charge is -2.17. The maximum Gasteiger partial charge on any atom is 0.303 e. The summed E-state index contributed by atoms with van der Waals surface area (Å²) in [5, 5.41) is 9.20. The molecule has 1 aliphatic heterocycles. The van der Waals surface area contributed by atoms with Crippen molar-refractivity contribution in [1.29, 1.82) is 0 Å². The SMILES string of the molecule is C=C1C[C@H](CC(=O)O)c2ccc(OCc3cccc(-c4c(C)cc(O[C@H]5CCOC5)cc4C)c3)cc21. The number of carbonyl (C=O) groups is 1. The van der Waals surface area contributed by atoms with Gasteiger partial charge in [0.1, 0.15) is 24.2 Å². The third-order valence-electron chi connectivity index (χ3n) is 7.08. The highest BCUT2D eigenvalue weighted by atomic mass is 16.5. The van der Waals surface area contributed by atoms with Gasteiger partial charge < -0.3 is 19.3 Å². The van der Waals surface area contributed by atoms with E-state index in [0.29, 0.717) is 19.6 Å². The minimum Gasteiger partial charge on any atom is -0.489 e. The number of aliphatic carboxylic acids is 1. The second-order valence-electron chi connectivity index (χ2n) is 9.88. The van der Waals surface area contributed by atoms with Crippen LogP contribution >= 0.6 is 0 Å². The summed E-state index contributed by atoms with van der Waals surface area (Å²) in [4.78, 5) is 11.2. The van der Waals surface area contributed by atoms with Gasteiger partial charge in [0.2, 0.25) is 0 Å². The zero-order valence-corrected chi connectivity index (χ0v) is 20.9. The summed E-state index contributed by atoms with van der Waals surface area (Å²) in [6, 6.07) is 18.6. The van der Waals surface area contributed by atoms with Crippen molar-refractivity contribution in [3.05, 3.63) is 89.0 Å². The van der Waals surface area contributed by atoms with E-state index < -0.39 is 5.97 Å². The fourth-order valence-electron chi connectivity index (χ4n) is 5.43. The highest BCUT2D eigenvalue weighted by Gasteiger charge is 2.27. The third-order valence-corrected chi connectivity index (χ3v) is 7.08. The summed E-state index contributed by atoms with van der Waals surface area (Å²) in [6.45, 7) is 10.3. The van der Waals surface area contributed by atoms with E-state index in [9.17, 15) is 9.90 Å². The number of hydrogen-bond donors (Lipinski definition) is 1. The first-order valence-electron chi connectivity index (χ1n) is 12.5. The summed E-state index contributed by atoms with van der Waals surface area (Å²) in [7, 11) is 0. The van der Waals surface area contributed by atoms with Crippen molar-refractivity contribution in [3.63, 3.8) is 0 Å². The van der Waals surface area contributed by atoms with E-state index in [4.69, 9.17) is 14.2 Å². The molecule has 3 aromatic carbocycles. The molecule has 5 heteroatoms. The van der Waals surface area contributed by atoms with Crippen LogP contribution in [0.3, 0.4) is 0 Å². The van der Waals surface area contributed by atoms with Gasteiger partial charge in [-0.2, -0.15) is 0 Å². The Labute approximate surface area is 212 Å². The summed E-state index contributed by atoms with van der Waals surface area (Å²) < 4.78 is 17.7. The first-order valence-corrected chi connectivity index (χ1v) is 12.5. The highest BCUT2D eigenvalue weighted by Crippen LogP contribution is 2.43. The van der Waals surface area contributed by atoms with Crippen LogP contribution in [-0.2, 0) is 16.1 Å². The predicted molar refractivity (Wildman–Crippen MR) is 141 cm³/mol. The van der Waals surface area contributed by atoms with E-state index >= 15 is 0 Å². The Morgan fingerprint density at radius 3 is 2.61 bits per heavy atom. The van der Waals surface area contributed by atoms with E-state index in [1.807, 2.05) is 18.2 Å². The van der Waals surface area contributed by atoms with Crippen molar-refractivity contribution in [2.24, 2.45) is 0 Å². The third kappa shape index (κ3) is 5.17. The van der Waals surface area contributed by atoms with E-state index in [-0.39, 0.29) is 18.4 Å². The van der Waals surface area contributed by atoms with E-state index in [0.717, 1.165) is 52.4 Å². The number of aryl methyl sites for hydroxylation is 2. The lowest BCUT2D eigenvalue weighted by atomic mass is 9.94. The standard InChI is InChI=1S/C31H32O5/c1-19-11-24(15-30(32)33)28-8-7-25(16-29(19)28)35-17-22-5-4-6-23(14-22)31-20(2)12-27(13-21(31)3)36-26-9-10-34-18-26/h4-8,12-14,16,24,26H,1,9-11,15,17-18H2,2-3H3,(H,32,33)/t24-,26+/m1/s1. The molecular formula is C31H32O5. The van der Waals surface area contributed by atoms with E-state index in [1.54, 1.807) is 0 Å². The number of fused-ring (bicyclic) bond motifs is 1. The van der Waals surface area contributed by atoms with E-state index in [1.165, 1.54) is 16.7 Å². The van der Waals surface area contributed by atoms with Gasteiger partial charge in [-0.15, -0.1) is 0 Å². The van der Waals surface area contributed by atoms with Crippen LogP contribution in [0.2, 0.25) is 0 Å². The number of rotatable bonds is 8. The average molecular weight is 485 g/mol. The topological polar surface area (TPSA) is 65.0 Å². The molecule has 1 heterocycles. The normalized spacial score (nSPS) is 18.8. The fraction of sp³-hybridized carbons (Fsp3) is 0.323. The van der Waals surface area contributed by atoms with Crippen molar-refractivity contribution in [1.82, 2.24) is 0 Å². The van der Waals surface area contributed by atoms with E-state index in [2.05, 4.69) is 56.8 Å². The molecule has 3 aromatic rings. The van der Waals surface area contributed by atoms with Gasteiger partial charge in [-0.25, -0.2) is 0 Å².